The molecule has 0 nitrogen and oxygen atoms in total. The molecule has 0 saturated heterocycles. The van der Waals surface area contributed by atoms with Gasteiger partial charge in [0, 0.05) is 6.42 Å². The van der Waals surface area contributed by atoms with Crippen LogP contribution in [0.5, 0.6) is 0 Å². The van der Waals surface area contributed by atoms with Crippen LogP contribution in [0.3, 0.4) is 0 Å². The summed E-state index contributed by atoms with van der Waals surface area (Å²) in [4.78, 5) is 0. The second-order valence-electron chi connectivity index (χ2n) is 2.24. The normalized spacial score (nSPS) is 18.5. The largest absolute Gasteiger partial charge is 0.429 e. The first kappa shape index (κ1) is 12.8. The number of hydrogen-bond donors (Lipinski definition) is 0. The lowest BCUT2D eigenvalue weighted by Crippen LogP contribution is -2.52. The molecule has 0 aromatic carbocycles. The quantitative estimate of drug-likeness (QED) is 0.516. The van der Waals surface area contributed by atoms with Gasteiger partial charge in [0.2, 0.25) is 0 Å². The van der Waals surface area contributed by atoms with Gasteiger partial charge < -0.3 is 0 Å². The third-order valence-corrected chi connectivity index (χ3v) is 1.64. The van der Waals surface area contributed by atoms with Gasteiger partial charge in [0.15, 0.2) is 0 Å². The SMILES string of the molecule is FCCC(F)(C(F)(F)F)C(F)(F)Cl. The first-order chi connectivity index (χ1) is 5.56. The molecule has 0 N–H and O–H groups in total. The molecule has 0 aromatic heterocycles. The van der Waals surface area contributed by atoms with Gasteiger partial charge in [0.05, 0.1) is 6.67 Å². The molecule has 0 aliphatic heterocycles. The maximum atomic E-state index is 12.6. The Balaban J connectivity index is 4.96. The minimum atomic E-state index is -5.90. The van der Waals surface area contributed by atoms with Gasteiger partial charge in [-0.3, -0.25) is 4.39 Å². The van der Waals surface area contributed by atoms with Crippen molar-refractivity contribution in [3.63, 3.8) is 0 Å². The molecule has 0 amide bonds. The first-order valence-electron chi connectivity index (χ1n) is 2.94. The van der Waals surface area contributed by atoms with Crippen LogP contribution in [0.15, 0.2) is 0 Å². The van der Waals surface area contributed by atoms with Gasteiger partial charge in [0.25, 0.3) is 5.67 Å². The Labute approximate surface area is 73.7 Å². The average Bonchev–Trinajstić information content (AvgIpc) is 1.82. The fourth-order valence-corrected chi connectivity index (χ4v) is 0.776. The first-order valence-corrected chi connectivity index (χ1v) is 3.32. The molecule has 0 aliphatic carbocycles. The van der Waals surface area contributed by atoms with Gasteiger partial charge in [-0.2, -0.15) is 22.0 Å². The lowest BCUT2D eigenvalue weighted by atomic mass is 10.0. The maximum absolute atomic E-state index is 12.6. The molecule has 0 radical (unpaired) electrons. The van der Waals surface area contributed by atoms with E-state index in [0.29, 0.717) is 0 Å². The molecular formula is C5H4ClF7. The fraction of sp³-hybridized carbons (Fsp3) is 1.00. The number of rotatable bonds is 3. The van der Waals surface area contributed by atoms with Crippen LogP contribution >= 0.6 is 11.6 Å². The number of alkyl halides is 8. The molecule has 80 valence electrons. The van der Waals surface area contributed by atoms with Gasteiger partial charge >= 0.3 is 11.6 Å². The molecule has 0 rings (SSSR count). The Hall–Kier alpha value is -0.200. The second-order valence-corrected chi connectivity index (χ2v) is 2.71. The summed E-state index contributed by atoms with van der Waals surface area (Å²) < 4.78 is 82.9. The third kappa shape index (κ3) is 2.38. The molecule has 0 spiro atoms. The van der Waals surface area contributed by atoms with E-state index in [2.05, 4.69) is 11.6 Å². The van der Waals surface area contributed by atoms with Crippen molar-refractivity contribution in [2.75, 3.05) is 6.67 Å². The molecule has 1 unspecified atom stereocenters. The Kier molecular flexibility index (Phi) is 3.46. The summed E-state index contributed by atoms with van der Waals surface area (Å²) in [6, 6.07) is 0. The number of halogens is 8. The highest BCUT2D eigenvalue weighted by Crippen LogP contribution is 2.49. The molecule has 0 bridgehead atoms. The van der Waals surface area contributed by atoms with Gasteiger partial charge in [0.1, 0.15) is 0 Å². The number of hydrogen-bond acceptors (Lipinski definition) is 0. The Morgan fingerprint density at radius 1 is 0.923 bits per heavy atom. The average molecular weight is 233 g/mol. The summed E-state index contributed by atoms with van der Waals surface area (Å²) in [6.45, 7) is -1.88. The minimum absolute atomic E-state index is 1.88. The van der Waals surface area contributed by atoms with Crippen LogP contribution in [0.4, 0.5) is 30.7 Å². The highest BCUT2D eigenvalue weighted by Gasteiger charge is 2.70. The summed E-state index contributed by atoms with van der Waals surface area (Å²) in [5.41, 5.74) is -5.02. The van der Waals surface area contributed by atoms with E-state index in [0.717, 1.165) is 0 Å². The van der Waals surface area contributed by atoms with Crippen LogP contribution < -0.4 is 0 Å². The lowest BCUT2D eigenvalue weighted by molar-refractivity contribution is -0.282. The summed E-state index contributed by atoms with van der Waals surface area (Å²) in [5.74, 6) is 0. The zero-order valence-electron chi connectivity index (χ0n) is 5.94. The van der Waals surface area contributed by atoms with Crippen molar-refractivity contribution in [2.24, 2.45) is 0 Å². The standard InChI is InChI=1S/C5H4ClF7/c6-4(9,10)3(8,1-2-7)5(11,12)13/h1-2H2. The summed E-state index contributed by atoms with van der Waals surface area (Å²) >= 11 is 3.91. The van der Waals surface area contributed by atoms with Crippen molar-refractivity contribution >= 4 is 11.6 Å². The highest BCUT2D eigenvalue weighted by molar-refractivity contribution is 6.22. The Morgan fingerprint density at radius 2 is 1.31 bits per heavy atom. The molecule has 0 aromatic rings. The molecule has 13 heavy (non-hydrogen) atoms. The Morgan fingerprint density at radius 3 is 1.38 bits per heavy atom. The van der Waals surface area contributed by atoms with E-state index in [1.807, 2.05) is 0 Å². The highest BCUT2D eigenvalue weighted by atomic mass is 35.5. The van der Waals surface area contributed by atoms with Gasteiger partial charge in [-0.05, 0) is 11.6 Å². The van der Waals surface area contributed by atoms with Crippen LogP contribution in [-0.2, 0) is 0 Å². The van der Waals surface area contributed by atoms with Crippen LogP contribution in [0, 0.1) is 0 Å². The summed E-state index contributed by atoms with van der Waals surface area (Å²) in [6.07, 6.45) is -7.92. The molecule has 0 fully saturated rings. The predicted molar refractivity (Wildman–Crippen MR) is 31.3 cm³/mol. The van der Waals surface area contributed by atoms with E-state index >= 15 is 0 Å². The zero-order valence-corrected chi connectivity index (χ0v) is 6.69. The van der Waals surface area contributed by atoms with Crippen LogP contribution in [0.1, 0.15) is 6.42 Å². The van der Waals surface area contributed by atoms with E-state index in [9.17, 15) is 30.7 Å². The Bertz CT molecular complexity index is 155. The van der Waals surface area contributed by atoms with E-state index in [-0.39, 0.29) is 0 Å². The van der Waals surface area contributed by atoms with Crippen molar-refractivity contribution in [1.29, 1.82) is 0 Å². The van der Waals surface area contributed by atoms with Gasteiger partial charge in [-0.25, -0.2) is 4.39 Å². The smallest absolute Gasteiger partial charge is 0.251 e. The van der Waals surface area contributed by atoms with Crippen molar-refractivity contribution in [3.8, 4) is 0 Å². The van der Waals surface area contributed by atoms with Crippen LogP contribution in [-0.4, -0.2) is 23.9 Å². The molecular weight excluding hydrogens is 228 g/mol. The topological polar surface area (TPSA) is 0 Å². The second kappa shape index (κ2) is 3.51. The van der Waals surface area contributed by atoms with Crippen molar-refractivity contribution < 1.29 is 30.7 Å². The van der Waals surface area contributed by atoms with Crippen LogP contribution in [0.2, 0.25) is 0 Å². The van der Waals surface area contributed by atoms with Crippen molar-refractivity contribution in [3.05, 3.63) is 0 Å². The predicted octanol–water partition coefficient (Wildman–Crippen LogP) is 3.45. The van der Waals surface area contributed by atoms with Crippen molar-refractivity contribution in [2.45, 2.75) is 23.6 Å². The monoisotopic (exact) mass is 232 g/mol. The lowest BCUT2D eigenvalue weighted by Gasteiger charge is -2.30. The molecule has 0 saturated carbocycles. The summed E-state index contributed by atoms with van der Waals surface area (Å²) in [5, 5.41) is -5.17. The van der Waals surface area contributed by atoms with E-state index in [1.54, 1.807) is 0 Å². The third-order valence-electron chi connectivity index (χ3n) is 1.34. The molecule has 0 aliphatic rings. The molecule has 8 heteroatoms. The van der Waals surface area contributed by atoms with Crippen LogP contribution in [0.25, 0.3) is 0 Å². The van der Waals surface area contributed by atoms with Gasteiger partial charge in [-0.1, -0.05) is 0 Å². The van der Waals surface area contributed by atoms with E-state index < -0.39 is 30.3 Å². The molecule has 1 atom stereocenters. The van der Waals surface area contributed by atoms with E-state index in [4.69, 9.17) is 0 Å². The summed E-state index contributed by atoms with van der Waals surface area (Å²) in [7, 11) is 0. The zero-order chi connectivity index (χ0) is 10.9. The molecule has 0 heterocycles. The maximum Gasteiger partial charge on any atom is 0.429 e. The van der Waals surface area contributed by atoms with Crippen molar-refractivity contribution in [1.82, 2.24) is 0 Å². The van der Waals surface area contributed by atoms with E-state index in [1.165, 1.54) is 0 Å². The minimum Gasteiger partial charge on any atom is -0.251 e. The fourth-order valence-electron chi connectivity index (χ4n) is 0.574. The van der Waals surface area contributed by atoms with Gasteiger partial charge in [-0.15, -0.1) is 0 Å².